The van der Waals surface area contributed by atoms with Crippen LogP contribution in [0.3, 0.4) is 0 Å². The van der Waals surface area contributed by atoms with E-state index >= 15 is 0 Å². The minimum Gasteiger partial charge on any atom is -0.478 e. The van der Waals surface area contributed by atoms with E-state index < -0.39 is 27.4 Å². The fraction of sp³-hybridized carbons (Fsp3) is 0.333. The average molecular weight is 335 g/mol. The fourth-order valence-corrected chi connectivity index (χ4v) is 3.37. The molecular formula is C12H15ClN2O5S. The molecule has 9 heteroatoms. The van der Waals surface area contributed by atoms with E-state index in [2.05, 4.69) is 4.72 Å². The lowest BCUT2D eigenvalue weighted by Crippen LogP contribution is -2.45. The molecule has 0 bridgehead atoms. The summed E-state index contributed by atoms with van der Waals surface area (Å²) in [5.74, 6) is -2.00. The van der Waals surface area contributed by atoms with Gasteiger partial charge in [-0.1, -0.05) is 11.6 Å². The summed E-state index contributed by atoms with van der Waals surface area (Å²) < 4.78 is 26.7. The number of halogens is 1. The number of nitrogens with two attached hydrogens (primary N) is 1. The van der Waals surface area contributed by atoms with Gasteiger partial charge in [0.25, 0.3) is 0 Å². The van der Waals surface area contributed by atoms with Crippen molar-refractivity contribution in [3.63, 3.8) is 0 Å². The highest BCUT2D eigenvalue weighted by atomic mass is 35.5. The largest absolute Gasteiger partial charge is 0.478 e. The van der Waals surface area contributed by atoms with Crippen LogP contribution in [-0.4, -0.2) is 30.9 Å². The van der Waals surface area contributed by atoms with Crippen LogP contribution < -0.4 is 10.5 Å². The summed E-state index contributed by atoms with van der Waals surface area (Å²) in [6, 6.07) is 3.31. The Hall–Kier alpha value is -1.64. The molecule has 0 spiro atoms. The Bertz CT molecular complexity index is 685. The van der Waals surface area contributed by atoms with Crippen LogP contribution in [0.25, 0.3) is 0 Å². The van der Waals surface area contributed by atoms with Crippen LogP contribution in [0.15, 0.2) is 23.1 Å². The first-order valence-electron chi connectivity index (χ1n) is 5.80. The van der Waals surface area contributed by atoms with E-state index in [1.165, 1.54) is 26.0 Å². The predicted octanol–water partition coefficient (Wildman–Crippen LogP) is 0.971. The third-order valence-electron chi connectivity index (χ3n) is 2.51. The molecule has 1 rings (SSSR count). The molecule has 21 heavy (non-hydrogen) atoms. The molecule has 0 aliphatic heterocycles. The molecule has 7 nitrogen and oxygen atoms in total. The van der Waals surface area contributed by atoms with Crippen molar-refractivity contribution < 1.29 is 23.1 Å². The van der Waals surface area contributed by atoms with Gasteiger partial charge in [0.2, 0.25) is 15.9 Å². The number of amides is 1. The summed E-state index contributed by atoms with van der Waals surface area (Å²) in [5, 5.41) is 8.88. The number of aromatic carboxylic acids is 1. The third kappa shape index (κ3) is 4.69. The van der Waals surface area contributed by atoms with Crippen LogP contribution in [0, 0.1) is 0 Å². The Kier molecular flexibility index (Phi) is 4.98. The molecular weight excluding hydrogens is 320 g/mol. The molecule has 0 fully saturated rings. The van der Waals surface area contributed by atoms with Crippen LogP contribution in [-0.2, 0) is 14.8 Å². The highest BCUT2D eigenvalue weighted by Gasteiger charge is 2.28. The molecule has 0 aliphatic rings. The minimum absolute atomic E-state index is 0.0714. The van der Waals surface area contributed by atoms with Gasteiger partial charge in [0.15, 0.2) is 0 Å². The van der Waals surface area contributed by atoms with Gasteiger partial charge in [0.05, 0.1) is 15.5 Å². The van der Waals surface area contributed by atoms with Gasteiger partial charge in [0.1, 0.15) is 0 Å². The first-order valence-corrected chi connectivity index (χ1v) is 7.66. The maximum atomic E-state index is 12.2. The third-order valence-corrected chi connectivity index (χ3v) is 4.53. The highest BCUT2D eigenvalue weighted by molar-refractivity contribution is 7.89. The van der Waals surface area contributed by atoms with Crippen molar-refractivity contribution in [1.29, 1.82) is 0 Å². The van der Waals surface area contributed by atoms with Crippen LogP contribution in [0.2, 0.25) is 5.02 Å². The summed E-state index contributed by atoms with van der Waals surface area (Å²) in [6.45, 7) is 2.98. The average Bonchev–Trinajstić information content (AvgIpc) is 2.24. The molecule has 0 saturated heterocycles. The zero-order chi connectivity index (χ0) is 16.4. The quantitative estimate of drug-likeness (QED) is 0.714. The number of rotatable bonds is 6. The lowest BCUT2D eigenvalue weighted by molar-refractivity contribution is -0.119. The van der Waals surface area contributed by atoms with Crippen LogP contribution in [0.5, 0.6) is 0 Å². The fourth-order valence-electron chi connectivity index (χ4n) is 1.73. The molecule has 0 saturated carbocycles. The van der Waals surface area contributed by atoms with Crippen molar-refractivity contribution in [3.8, 4) is 0 Å². The summed E-state index contributed by atoms with van der Waals surface area (Å²) in [4.78, 5) is 21.6. The second-order valence-electron chi connectivity index (χ2n) is 5.08. The number of carboxylic acids is 1. The van der Waals surface area contributed by atoms with Gasteiger partial charge in [-0.3, -0.25) is 4.79 Å². The Morgan fingerprint density at radius 3 is 2.43 bits per heavy atom. The van der Waals surface area contributed by atoms with E-state index in [1.54, 1.807) is 0 Å². The van der Waals surface area contributed by atoms with E-state index in [0.717, 1.165) is 6.07 Å². The number of carboxylic acid groups (broad SMARTS) is 1. The zero-order valence-corrected chi connectivity index (χ0v) is 13.0. The topological polar surface area (TPSA) is 127 Å². The number of benzene rings is 1. The standard InChI is InChI=1S/C12H15ClN2O5S/c1-12(2,6-10(14)16)15-21(19,20)7-3-4-9(13)8(5-7)11(17)18/h3-5,15H,6H2,1-2H3,(H2,14,16)(H,17,18). The second kappa shape index (κ2) is 6.00. The number of sulfonamides is 1. The number of nitrogens with one attached hydrogen (secondary N) is 1. The number of primary amides is 1. The molecule has 0 heterocycles. The van der Waals surface area contributed by atoms with Gasteiger partial charge in [-0.05, 0) is 32.0 Å². The molecule has 1 amide bonds. The number of carbonyl (C=O) groups is 2. The van der Waals surface area contributed by atoms with Crippen molar-refractivity contribution >= 4 is 33.5 Å². The van der Waals surface area contributed by atoms with Crippen molar-refractivity contribution in [1.82, 2.24) is 4.72 Å². The Balaban J connectivity index is 3.17. The molecule has 0 radical (unpaired) electrons. The second-order valence-corrected chi connectivity index (χ2v) is 7.17. The number of hydrogen-bond acceptors (Lipinski definition) is 4. The summed E-state index contributed by atoms with van der Waals surface area (Å²) in [7, 11) is -4.02. The van der Waals surface area contributed by atoms with Crippen LogP contribution in [0.4, 0.5) is 0 Å². The highest BCUT2D eigenvalue weighted by Crippen LogP contribution is 2.22. The zero-order valence-electron chi connectivity index (χ0n) is 11.4. The first kappa shape index (κ1) is 17.4. The molecule has 4 N–H and O–H groups in total. The van der Waals surface area contributed by atoms with Crippen molar-refractivity contribution in [2.24, 2.45) is 5.73 Å². The molecule has 1 aromatic carbocycles. The minimum atomic E-state index is -4.02. The maximum Gasteiger partial charge on any atom is 0.337 e. The Labute approximate surface area is 127 Å². The normalized spacial score (nSPS) is 12.1. The van der Waals surface area contributed by atoms with E-state index in [0.29, 0.717) is 0 Å². The van der Waals surface area contributed by atoms with Gasteiger partial charge >= 0.3 is 5.97 Å². The van der Waals surface area contributed by atoms with Crippen molar-refractivity contribution in [2.45, 2.75) is 30.7 Å². The van der Waals surface area contributed by atoms with Gasteiger partial charge in [-0.2, -0.15) is 0 Å². The van der Waals surface area contributed by atoms with Crippen molar-refractivity contribution in [2.75, 3.05) is 0 Å². The van der Waals surface area contributed by atoms with Gasteiger partial charge in [-0.15, -0.1) is 0 Å². The summed E-state index contributed by atoms with van der Waals surface area (Å²) in [5.41, 5.74) is 3.62. The van der Waals surface area contributed by atoms with Crippen LogP contribution in [0.1, 0.15) is 30.6 Å². The Morgan fingerprint density at radius 2 is 1.95 bits per heavy atom. The van der Waals surface area contributed by atoms with E-state index in [4.69, 9.17) is 22.4 Å². The lowest BCUT2D eigenvalue weighted by Gasteiger charge is -2.24. The first-order chi connectivity index (χ1) is 9.44. The molecule has 116 valence electrons. The van der Waals surface area contributed by atoms with Gasteiger partial charge in [0, 0.05) is 12.0 Å². The number of carbonyl (C=O) groups excluding carboxylic acids is 1. The number of hydrogen-bond donors (Lipinski definition) is 3. The molecule has 0 aromatic heterocycles. The molecule has 0 atom stereocenters. The maximum absolute atomic E-state index is 12.2. The van der Waals surface area contributed by atoms with E-state index in [9.17, 15) is 18.0 Å². The van der Waals surface area contributed by atoms with Crippen molar-refractivity contribution in [3.05, 3.63) is 28.8 Å². The molecule has 1 aromatic rings. The monoisotopic (exact) mass is 334 g/mol. The van der Waals surface area contributed by atoms with Gasteiger partial charge in [-0.25, -0.2) is 17.9 Å². The summed E-state index contributed by atoms with van der Waals surface area (Å²) >= 11 is 5.69. The van der Waals surface area contributed by atoms with E-state index in [1.807, 2.05) is 0 Å². The summed E-state index contributed by atoms with van der Waals surface area (Å²) in [6.07, 6.45) is -0.203. The van der Waals surface area contributed by atoms with Crippen LogP contribution >= 0.6 is 11.6 Å². The molecule has 0 unspecified atom stereocenters. The lowest BCUT2D eigenvalue weighted by atomic mass is 10.0. The predicted molar refractivity (Wildman–Crippen MR) is 76.6 cm³/mol. The SMILES string of the molecule is CC(C)(CC(N)=O)NS(=O)(=O)c1ccc(Cl)c(C(=O)O)c1. The van der Waals surface area contributed by atoms with E-state index in [-0.39, 0.29) is 21.9 Å². The van der Waals surface area contributed by atoms with Gasteiger partial charge < -0.3 is 10.8 Å². The molecule has 0 aliphatic carbocycles. The smallest absolute Gasteiger partial charge is 0.337 e. The Morgan fingerprint density at radius 1 is 1.38 bits per heavy atom.